The van der Waals surface area contributed by atoms with Crippen molar-refractivity contribution in [1.82, 2.24) is 14.7 Å². The van der Waals surface area contributed by atoms with E-state index in [2.05, 4.69) is 18.9 Å². The Morgan fingerprint density at radius 2 is 1.88 bits per heavy atom. The van der Waals surface area contributed by atoms with E-state index < -0.39 is 0 Å². The zero-order valence-corrected chi connectivity index (χ0v) is 14.6. The van der Waals surface area contributed by atoms with Gasteiger partial charge in [0, 0.05) is 18.7 Å². The molecule has 1 aliphatic rings. The summed E-state index contributed by atoms with van der Waals surface area (Å²) in [4.78, 5) is 27.1. The molecule has 128 valence electrons. The highest BCUT2D eigenvalue weighted by Crippen LogP contribution is 2.22. The summed E-state index contributed by atoms with van der Waals surface area (Å²) in [6, 6.07) is 9.25. The van der Waals surface area contributed by atoms with Gasteiger partial charge in [0.1, 0.15) is 5.69 Å². The summed E-state index contributed by atoms with van der Waals surface area (Å²) < 4.78 is 1.43. The molecule has 0 aliphatic carbocycles. The van der Waals surface area contributed by atoms with Crippen molar-refractivity contribution < 1.29 is 4.79 Å². The summed E-state index contributed by atoms with van der Waals surface area (Å²) in [5.74, 6) is 0.406. The lowest BCUT2D eigenvalue weighted by molar-refractivity contribution is 0.0671. The molecule has 1 amide bonds. The van der Waals surface area contributed by atoms with Gasteiger partial charge in [-0.1, -0.05) is 31.0 Å². The van der Waals surface area contributed by atoms with Crippen molar-refractivity contribution in [3.8, 4) is 5.69 Å². The second-order valence-corrected chi connectivity index (χ2v) is 7.02. The van der Waals surface area contributed by atoms with Crippen molar-refractivity contribution in [2.45, 2.75) is 46.1 Å². The maximum absolute atomic E-state index is 12.9. The van der Waals surface area contributed by atoms with Crippen LogP contribution < -0.4 is 5.56 Å². The van der Waals surface area contributed by atoms with Gasteiger partial charge in [0.2, 0.25) is 0 Å². The van der Waals surface area contributed by atoms with E-state index in [-0.39, 0.29) is 17.5 Å². The van der Waals surface area contributed by atoms with Gasteiger partial charge in [0.05, 0.1) is 5.69 Å². The second kappa shape index (κ2) is 6.67. The van der Waals surface area contributed by atoms with Crippen LogP contribution in [0.25, 0.3) is 5.69 Å². The Kier molecular flexibility index (Phi) is 4.60. The Bertz CT molecular complexity index is 773. The van der Waals surface area contributed by atoms with E-state index in [0.717, 1.165) is 37.1 Å². The maximum atomic E-state index is 12.9. The minimum absolute atomic E-state index is 0.0841. The fourth-order valence-corrected chi connectivity index (χ4v) is 3.35. The first-order chi connectivity index (χ1) is 11.5. The van der Waals surface area contributed by atoms with Crippen LogP contribution in [0.1, 0.15) is 49.2 Å². The van der Waals surface area contributed by atoms with Gasteiger partial charge >= 0.3 is 0 Å². The Labute approximate surface area is 142 Å². The lowest BCUT2D eigenvalue weighted by Gasteiger charge is -2.28. The van der Waals surface area contributed by atoms with E-state index in [9.17, 15) is 9.59 Å². The number of likely N-dealkylation sites (tertiary alicyclic amines) is 1. The lowest BCUT2D eigenvalue weighted by Crippen LogP contribution is -2.40. The third-order valence-corrected chi connectivity index (χ3v) is 4.86. The van der Waals surface area contributed by atoms with Crippen molar-refractivity contribution >= 4 is 5.91 Å². The van der Waals surface area contributed by atoms with Gasteiger partial charge in [-0.05, 0) is 44.7 Å². The number of benzene rings is 1. The predicted octanol–water partition coefficient (Wildman–Crippen LogP) is 3.12. The van der Waals surface area contributed by atoms with Crippen LogP contribution in [0, 0.1) is 12.8 Å². The van der Waals surface area contributed by atoms with E-state index in [4.69, 9.17) is 0 Å². The number of carbonyl (C=O) groups is 1. The van der Waals surface area contributed by atoms with E-state index in [1.165, 1.54) is 10.7 Å². The molecule has 0 spiro atoms. The highest BCUT2D eigenvalue weighted by Gasteiger charge is 2.27. The van der Waals surface area contributed by atoms with Crippen molar-refractivity contribution in [3.05, 3.63) is 51.9 Å². The highest BCUT2D eigenvalue weighted by molar-refractivity contribution is 5.92. The number of nitrogens with zero attached hydrogens (tertiary/aromatic N) is 2. The normalized spacial score (nSPS) is 21.5. The molecule has 5 heteroatoms. The largest absolute Gasteiger partial charge is 0.334 e. The molecular formula is C19H25N3O2. The third-order valence-electron chi connectivity index (χ3n) is 4.86. The van der Waals surface area contributed by atoms with E-state index in [1.54, 1.807) is 0 Å². The average Bonchev–Trinajstić information content (AvgIpc) is 2.85. The summed E-state index contributed by atoms with van der Waals surface area (Å²) >= 11 is 0. The standard InChI is InChI=1S/C19H25N3O2/c1-13-7-9-16(10-8-13)22-18(23)11-17(20-22)19(24)21-12-14(2)5-4-6-15(21)3/h7-11,14-15,20H,4-6,12H2,1-3H3/t14-,15+/m0/s1. The van der Waals surface area contributed by atoms with Crippen LogP contribution in [0.4, 0.5) is 0 Å². The van der Waals surface area contributed by atoms with Gasteiger partial charge in [-0.2, -0.15) is 0 Å². The maximum Gasteiger partial charge on any atom is 0.272 e. The van der Waals surface area contributed by atoms with Crippen LogP contribution in [0.5, 0.6) is 0 Å². The summed E-state index contributed by atoms with van der Waals surface area (Å²) in [6.07, 6.45) is 3.31. The summed E-state index contributed by atoms with van der Waals surface area (Å²) in [7, 11) is 0. The topological polar surface area (TPSA) is 58.1 Å². The molecule has 24 heavy (non-hydrogen) atoms. The van der Waals surface area contributed by atoms with Gasteiger partial charge in [-0.3, -0.25) is 14.7 Å². The molecule has 2 aromatic rings. The molecule has 2 heterocycles. The first-order valence-electron chi connectivity index (χ1n) is 8.66. The SMILES string of the molecule is Cc1ccc(-n2[nH]c(C(=O)N3C[C@@H](C)CCC[C@H]3C)cc2=O)cc1. The summed E-state index contributed by atoms with van der Waals surface area (Å²) in [6.45, 7) is 7.01. The lowest BCUT2D eigenvalue weighted by atomic mass is 10.1. The van der Waals surface area contributed by atoms with E-state index in [0.29, 0.717) is 11.6 Å². The first kappa shape index (κ1) is 16.6. The van der Waals surface area contributed by atoms with Crippen LogP contribution >= 0.6 is 0 Å². The molecule has 1 saturated heterocycles. The van der Waals surface area contributed by atoms with Crippen LogP contribution in [0.2, 0.25) is 0 Å². The molecule has 1 aromatic heterocycles. The number of aryl methyl sites for hydroxylation is 1. The van der Waals surface area contributed by atoms with Crippen molar-refractivity contribution in [2.24, 2.45) is 5.92 Å². The summed E-state index contributed by atoms with van der Waals surface area (Å²) in [5.41, 5.74) is 2.02. The Morgan fingerprint density at radius 3 is 2.58 bits per heavy atom. The number of amides is 1. The predicted molar refractivity (Wildman–Crippen MR) is 94.6 cm³/mol. The highest BCUT2D eigenvalue weighted by atomic mass is 16.2. The molecule has 0 saturated carbocycles. The van der Waals surface area contributed by atoms with Crippen molar-refractivity contribution in [2.75, 3.05) is 6.54 Å². The molecule has 1 aromatic carbocycles. The number of hydrogen-bond acceptors (Lipinski definition) is 2. The quantitative estimate of drug-likeness (QED) is 0.921. The van der Waals surface area contributed by atoms with Gasteiger partial charge < -0.3 is 4.90 Å². The van der Waals surface area contributed by atoms with Gasteiger partial charge in [0.15, 0.2) is 0 Å². The molecule has 0 radical (unpaired) electrons. The van der Waals surface area contributed by atoms with Crippen LogP contribution in [-0.4, -0.2) is 33.2 Å². The molecule has 2 atom stereocenters. The Morgan fingerprint density at radius 1 is 1.17 bits per heavy atom. The van der Waals surface area contributed by atoms with Crippen LogP contribution in [0.3, 0.4) is 0 Å². The second-order valence-electron chi connectivity index (χ2n) is 7.02. The Balaban J connectivity index is 1.89. The smallest absolute Gasteiger partial charge is 0.272 e. The van der Waals surface area contributed by atoms with E-state index in [1.807, 2.05) is 36.1 Å². The van der Waals surface area contributed by atoms with Crippen molar-refractivity contribution in [3.63, 3.8) is 0 Å². The molecule has 0 unspecified atom stereocenters. The zero-order chi connectivity index (χ0) is 17.3. The number of aromatic nitrogens is 2. The average molecular weight is 327 g/mol. The third kappa shape index (κ3) is 3.30. The first-order valence-corrected chi connectivity index (χ1v) is 8.66. The molecule has 1 fully saturated rings. The number of carbonyl (C=O) groups excluding carboxylic acids is 1. The zero-order valence-electron chi connectivity index (χ0n) is 14.6. The molecule has 1 N–H and O–H groups in total. The van der Waals surface area contributed by atoms with Crippen LogP contribution in [-0.2, 0) is 0 Å². The molecule has 3 rings (SSSR count). The Hall–Kier alpha value is -2.30. The number of aromatic amines is 1. The monoisotopic (exact) mass is 327 g/mol. The molecular weight excluding hydrogens is 302 g/mol. The summed E-state index contributed by atoms with van der Waals surface area (Å²) in [5, 5.41) is 2.98. The number of rotatable bonds is 2. The van der Waals surface area contributed by atoms with E-state index >= 15 is 0 Å². The van der Waals surface area contributed by atoms with Gasteiger partial charge in [0.25, 0.3) is 11.5 Å². The van der Waals surface area contributed by atoms with Crippen LogP contribution in [0.15, 0.2) is 35.1 Å². The number of nitrogens with one attached hydrogen (secondary N) is 1. The fourth-order valence-electron chi connectivity index (χ4n) is 3.35. The number of hydrogen-bond donors (Lipinski definition) is 1. The number of H-pyrrole nitrogens is 1. The fraction of sp³-hybridized carbons (Fsp3) is 0.474. The molecule has 1 aliphatic heterocycles. The van der Waals surface area contributed by atoms with Gasteiger partial charge in [-0.15, -0.1) is 0 Å². The minimum atomic E-state index is -0.210. The van der Waals surface area contributed by atoms with Gasteiger partial charge in [-0.25, -0.2) is 4.68 Å². The van der Waals surface area contributed by atoms with Crippen molar-refractivity contribution in [1.29, 1.82) is 0 Å². The molecule has 5 nitrogen and oxygen atoms in total. The minimum Gasteiger partial charge on any atom is -0.334 e. The molecule has 0 bridgehead atoms.